The summed E-state index contributed by atoms with van der Waals surface area (Å²) in [7, 11) is -3.03. The van der Waals surface area contributed by atoms with Crippen molar-refractivity contribution in [2.45, 2.75) is 28.7 Å². The molecule has 5 nitrogen and oxygen atoms in total. The van der Waals surface area contributed by atoms with Crippen LogP contribution in [0.5, 0.6) is 0 Å². The van der Waals surface area contributed by atoms with Gasteiger partial charge in [-0.25, -0.2) is 8.42 Å². The Hall–Kier alpha value is -3.28. The van der Waals surface area contributed by atoms with E-state index in [1.54, 1.807) is 0 Å². The summed E-state index contributed by atoms with van der Waals surface area (Å²) in [5, 5.41) is 2.40. The van der Waals surface area contributed by atoms with Crippen LogP contribution in [0.2, 0.25) is 0 Å². The number of halogens is 6. The first-order chi connectivity index (χ1) is 15.2. The number of aryl methyl sites for hydroxylation is 1. The van der Waals surface area contributed by atoms with Crippen LogP contribution in [0.25, 0.3) is 0 Å². The Morgan fingerprint density at radius 2 is 1.45 bits per heavy atom. The smallest absolute Gasteiger partial charge is 0.347 e. The van der Waals surface area contributed by atoms with Crippen molar-refractivity contribution < 1.29 is 39.6 Å². The minimum absolute atomic E-state index is 0.225. The lowest BCUT2D eigenvalue weighted by Crippen LogP contribution is -2.24. The van der Waals surface area contributed by atoms with E-state index < -0.39 is 44.1 Å². The van der Waals surface area contributed by atoms with Gasteiger partial charge in [-0.2, -0.15) is 26.3 Å². The van der Waals surface area contributed by atoms with Crippen LogP contribution >= 0.6 is 0 Å². The molecule has 1 heterocycles. The Labute approximate surface area is 184 Å². The van der Waals surface area contributed by atoms with Gasteiger partial charge in [-0.05, 0) is 42.0 Å². The van der Waals surface area contributed by atoms with E-state index >= 15 is 0 Å². The van der Waals surface area contributed by atoms with Gasteiger partial charge >= 0.3 is 12.4 Å². The molecule has 0 saturated heterocycles. The normalized spacial score (nSPS) is 12.6. The molecule has 0 fully saturated rings. The molecule has 33 heavy (non-hydrogen) atoms. The van der Waals surface area contributed by atoms with E-state index in [-0.39, 0.29) is 22.7 Å². The van der Waals surface area contributed by atoms with Crippen molar-refractivity contribution in [1.82, 2.24) is 9.88 Å². The fraction of sp³-hybridized carbons (Fsp3) is 0.190. The number of carbonyl (C=O) groups excluding carboxylic acids is 1. The van der Waals surface area contributed by atoms with Gasteiger partial charge in [-0.1, -0.05) is 18.2 Å². The number of rotatable bonds is 5. The van der Waals surface area contributed by atoms with Crippen molar-refractivity contribution in [3.05, 3.63) is 83.2 Å². The van der Waals surface area contributed by atoms with E-state index in [2.05, 4.69) is 5.32 Å². The zero-order chi connectivity index (χ0) is 24.6. The highest BCUT2D eigenvalue weighted by molar-refractivity contribution is 7.91. The molecule has 1 amide bonds. The van der Waals surface area contributed by atoms with Crippen LogP contribution in [-0.4, -0.2) is 18.9 Å². The van der Waals surface area contributed by atoms with Crippen molar-refractivity contribution in [2.24, 2.45) is 7.05 Å². The second-order valence-electron chi connectivity index (χ2n) is 7.08. The van der Waals surface area contributed by atoms with Gasteiger partial charge in [-0.3, -0.25) is 4.79 Å². The van der Waals surface area contributed by atoms with Crippen molar-refractivity contribution in [3.63, 3.8) is 0 Å². The summed E-state index contributed by atoms with van der Waals surface area (Å²) in [5.41, 5.74) is -2.09. The number of carbonyl (C=O) groups is 1. The standard InChI is InChI=1S/C21H16F6N2O3S/c1-29-12-15(21(25,26)27)10-18(29)19(30)28-11-13-4-2-6-16(8-13)33(31,32)17-7-3-5-14(9-17)20(22,23)24/h2-10,12H,11H2,1H3,(H,28,30). The van der Waals surface area contributed by atoms with Crippen LogP contribution in [0.1, 0.15) is 27.2 Å². The number of sulfone groups is 1. The Morgan fingerprint density at radius 3 is 2.03 bits per heavy atom. The average Bonchev–Trinajstić information content (AvgIpc) is 3.14. The lowest BCUT2D eigenvalue weighted by atomic mass is 10.2. The van der Waals surface area contributed by atoms with Gasteiger partial charge in [0.15, 0.2) is 0 Å². The molecule has 0 bridgehead atoms. The van der Waals surface area contributed by atoms with E-state index in [1.165, 1.54) is 31.3 Å². The van der Waals surface area contributed by atoms with E-state index in [4.69, 9.17) is 0 Å². The number of nitrogens with one attached hydrogen (secondary N) is 1. The highest BCUT2D eigenvalue weighted by Crippen LogP contribution is 2.32. The van der Waals surface area contributed by atoms with Gasteiger partial charge in [-0.15, -0.1) is 0 Å². The molecule has 2 aromatic carbocycles. The molecule has 0 aliphatic rings. The molecule has 3 rings (SSSR count). The number of hydrogen-bond acceptors (Lipinski definition) is 3. The number of hydrogen-bond donors (Lipinski definition) is 1. The third-order valence-electron chi connectivity index (χ3n) is 4.70. The molecular formula is C21H16F6N2O3S. The first-order valence-corrected chi connectivity index (χ1v) is 10.7. The zero-order valence-electron chi connectivity index (χ0n) is 16.8. The largest absolute Gasteiger partial charge is 0.417 e. The molecule has 0 radical (unpaired) electrons. The van der Waals surface area contributed by atoms with Crippen LogP contribution in [0.3, 0.4) is 0 Å². The summed E-state index contributed by atoms with van der Waals surface area (Å²) in [5.74, 6) is -0.820. The van der Waals surface area contributed by atoms with Crippen LogP contribution < -0.4 is 5.32 Å². The fourth-order valence-corrected chi connectivity index (χ4v) is 4.39. The molecule has 3 aromatic rings. The molecule has 0 saturated carbocycles. The van der Waals surface area contributed by atoms with Gasteiger partial charge in [0, 0.05) is 19.8 Å². The fourth-order valence-electron chi connectivity index (χ4n) is 3.02. The van der Waals surface area contributed by atoms with Gasteiger partial charge in [0.1, 0.15) is 5.69 Å². The Bertz CT molecular complexity index is 1290. The number of nitrogens with zero attached hydrogens (tertiary/aromatic N) is 1. The summed E-state index contributed by atoms with van der Waals surface area (Å²) in [6, 6.07) is 9.13. The van der Waals surface area contributed by atoms with Crippen LogP contribution in [-0.2, 0) is 35.8 Å². The topological polar surface area (TPSA) is 68.2 Å². The molecular weight excluding hydrogens is 474 g/mol. The lowest BCUT2D eigenvalue weighted by Gasteiger charge is -2.11. The van der Waals surface area contributed by atoms with Crippen LogP contribution in [0.4, 0.5) is 26.3 Å². The van der Waals surface area contributed by atoms with Crippen molar-refractivity contribution in [1.29, 1.82) is 0 Å². The second-order valence-corrected chi connectivity index (χ2v) is 9.03. The predicted octanol–water partition coefficient (Wildman–Crippen LogP) is 4.83. The highest BCUT2D eigenvalue weighted by Gasteiger charge is 2.33. The lowest BCUT2D eigenvalue weighted by molar-refractivity contribution is -0.138. The molecule has 0 spiro atoms. The number of alkyl halides is 6. The van der Waals surface area contributed by atoms with Crippen molar-refractivity contribution in [3.8, 4) is 0 Å². The van der Waals surface area contributed by atoms with Crippen LogP contribution in [0.15, 0.2) is 70.6 Å². The van der Waals surface area contributed by atoms with Crippen molar-refractivity contribution >= 4 is 15.7 Å². The van der Waals surface area contributed by atoms with Crippen molar-refractivity contribution in [2.75, 3.05) is 0 Å². The predicted molar refractivity (Wildman–Crippen MR) is 105 cm³/mol. The first-order valence-electron chi connectivity index (χ1n) is 9.22. The third kappa shape index (κ3) is 5.38. The summed E-state index contributed by atoms with van der Waals surface area (Å²) < 4.78 is 104. The first kappa shape index (κ1) is 24.4. The quantitative estimate of drug-likeness (QED) is 0.522. The molecule has 12 heteroatoms. The van der Waals surface area contributed by atoms with Gasteiger partial charge in [0.25, 0.3) is 5.91 Å². The van der Waals surface area contributed by atoms with E-state index in [0.717, 1.165) is 29.0 Å². The van der Waals surface area contributed by atoms with Gasteiger partial charge in [0.2, 0.25) is 9.84 Å². The molecule has 0 aliphatic heterocycles. The molecule has 1 aromatic heterocycles. The third-order valence-corrected chi connectivity index (χ3v) is 6.45. The van der Waals surface area contributed by atoms with E-state index in [1.807, 2.05) is 0 Å². The second kappa shape index (κ2) is 8.58. The molecule has 176 valence electrons. The SMILES string of the molecule is Cn1cc(C(F)(F)F)cc1C(=O)NCc1cccc(S(=O)(=O)c2cccc(C(F)(F)F)c2)c1. The Kier molecular flexibility index (Phi) is 6.33. The van der Waals surface area contributed by atoms with Gasteiger partial charge in [0.05, 0.1) is 20.9 Å². The molecule has 0 atom stereocenters. The van der Waals surface area contributed by atoms with Gasteiger partial charge < -0.3 is 9.88 Å². The van der Waals surface area contributed by atoms with E-state index in [0.29, 0.717) is 12.1 Å². The Balaban J connectivity index is 1.81. The Morgan fingerprint density at radius 1 is 0.879 bits per heavy atom. The minimum atomic E-state index is -4.72. The number of aromatic nitrogens is 1. The molecule has 1 N–H and O–H groups in total. The summed E-state index contributed by atoms with van der Waals surface area (Å²) >= 11 is 0. The highest BCUT2D eigenvalue weighted by atomic mass is 32.2. The summed E-state index contributed by atoms with van der Waals surface area (Å²) in [6.07, 6.45) is -8.58. The average molecular weight is 490 g/mol. The maximum atomic E-state index is 12.9. The zero-order valence-corrected chi connectivity index (χ0v) is 17.6. The van der Waals surface area contributed by atoms with E-state index in [9.17, 15) is 39.6 Å². The number of amides is 1. The summed E-state index contributed by atoms with van der Waals surface area (Å²) in [6.45, 7) is -0.225. The monoisotopic (exact) mass is 490 g/mol. The van der Waals surface area contributed by atoms with Crippen LogP contribution in [0, 0.1) is 0 Å². The summed E-state index contributed by atoms with van der Waals surface area (Å²) in [4.78, 5) is 11.4. The number of benzene rings is 2. The molecule has 0 unspecified atom stereocenters. The maximum Gasteiger partial charge on any atom is 0.417 e. The minimum Gasteiger partial charge on any atom is -0.347 e. The maximum absolute atomic E-state index is 12.9. The molecule has 0 aliphatic carbocycles.